The first-order valence-electron chi connectivity index (χ1n) is 9.66. The summed E-state index contributed by atoms with van der Waals surface area (Å²) in [4.78, 5) is 39.5. The van der Waals surface area contributed by atoms with Crippen LogP contribution in [0.4, 0.5) is 11.4 Å². The molecule has 0 bridgehead atoms. The molecule has 1 heterocycles. The van der Waals surface area contributed by atoms with E-state index in [-0.39, 0.29) is 17.7 Å². The normalized spacial score (nSPS) is 15.6. The summed E-state index contributed by atoms with van der Waals surface area (Å²) in [5.41, 5.74) is 8.07. The number of carbonyl (C=O) groups excluding carboxylic acids is 3. The number of hydrogen-bond donors (Lipinski definition) is 2. The van der Waals surface area contributed by atoms with Gasteiger partial charge in [0.1, 0.15) is 0 Å². The van der Waals surface area contributed by atoms with Crippen molar-refractivity contribution in [1.82, 2.24) is 4.90 Å². The minimum Gasteiger partial charge on any atom is -0.369 e. The zero-order valence-electron chi connectivity index (χ0n) is 16.7. The third kappa shape index (κ3) is 5.00. The number of nitrogens with zero attached hydrogens (tertiary/aromatic N) is 2. The van der Waals surface area contributed by atoms with E-state index < -0.39 is 5.91 Å². The average Bonchev–Trinajstić information content (AvgIpc) is 2.73. The van der Waals surface area contributed by atoms with Crippen LogP contribution in [-0.4, -0.2) is 54.7 Å². The number of anilines is 2. The zero-order chi connectivity index (χ0) is 21.0. The Hall–Kier alpha value is -3.19. The molecule has 0 spiro atoms. The van der Waals surface area contributed by atoms with Crippen LogP contribution in [0.2, 0.25) is 0 Å². The SMILES string of the molecule is CC(=O)c1ccc(N2CCN(C(C)C(=O)Nc3ccc(C(N)=O)cc3)CC2)cc1. The molecule has 1 aliphatic rings. The second kappa shape index (κ2) is 8.87. The van der Waals surface area contributed by atoms with Gasteiger partial charge in [0, 0.05) is 48.7 Å². The highest BCUT2D eigenvalue weighted by Gasteiger charge is 2.25. The lowest BCUT2D eigenvalue weighted by Gasteiger charge is -2.38. The van der Waals surface area contributed by atoms with Crippen molar-refractivity contribution < 1.29 is 14.4 Å². The monoisotopic (exact) mass is 394 g/mol. The van der Waals surface area contributed by atoms with E-state index in [1.54, 1.807) is 31.2 Å². The van der Waals surface area contributed by atoms with E-state index in [9.17, 15) is 14.4 Å². The van der Waals surface area contributed by atoms with Crippen LogP contribution in [0, 0.1) is 0 Å². The van der Waals surface area contributed by atoms with Crippen LogP contribution in [0.1, 0.15) is 34.6 Å². The van der Waals surface area contributed by atoms with Gasteiger partial charge in [-0.2, -0.15) is 0 Å². The number of primary amides is 1. The Morgan fingerprint density at radius 3 is 1.97 bits per heavy atom. The summed E-state index contributed by atoms with van der Waals surface area (Å²) in [6.45, 7) is 6.61. The van der Waals surface area contributed by atoms with Crippen molar-refractivity contribution in [2.75, 3.05) is 36.4 Å². The van der Waals surface area contributed by atoms with E-state index in [0.717, 1.165) is 31.9 Å². The maximum absolute atomic E-state index is 12.6. The number of amides is 2. The van der Waals surface area contributed by atoms with Crippen molar-refractivity contribution in [3.8, 4) is 0 Å². The summed E-state index contributed by atoms with van der Waals surface area (Å²) in [5, 5.41) is 2.89. The van der Waals surface area contributed by atoms with Gasteiger partial charge in [-0.15, -0.1) is 0 Å². The molecule has 2 aromatic carbocycles. The summed E-state index contributed by atoms with van der Waals surface area (Å²) in [6.07, 6.45) is 0. The molecule has 29 heavy (non-hydrogen) atoms. The van der Waals surface area contributed by atoms with Crippen LogP contribution in [0.15, 0.2) is 48.5 Å². The van der Waals surface area contributed by atoms with Crippen LogP contribution in [0.25, 0.3) is 0 Å². The predicted octanol–water partition coefficient (Wildman–Crippen LogP) is 2.14. The molecule has 0 saturated carbocycles. The lowest BCUT2D eigenvalue weighted by atomic mass is 10.1. The standard InChI is InChI=1S/C22H26N4O3/c1-15(22(29)24-19-7-3-18(4-8-19)21(23)28)25-11-13-26(14-12-25)20-9-5-17(6-10-20)16(2)27/h3-10,15H,11-14H2,1-2H3,(H2,23,28)(H,24,29). The van der Waals surface area contributed by atoms with Gasteiger partial charge in [0.25, 0.3) is 0 Å². The van der Waals surface area contributed by atoms with Crippen molar-refractivity contribution in [2.45, 2.75) is 19.9 Å². The molecular weight excluding hydrogens is 368 g/mol. The predicted molar refractivity (Wildman–Crippen MR) is 113 cm³/mol. The first kappa shape index (κ1) is 20.5. The molecule has 2 aromatic rings. The Bertz CT molecular complexity index is 885. The Labute approximate surface area is 170 Å². The van der Waals surface area contributed by atoms with Crippen LogP contribution in [-0.2, 0) is 4.79 Å². The van der Waals surface area contributed by atoms with Gasteiger partial charge in [-0.3, -0.25) is 19.3 Å². The second-order valence-electron chi connectivity index (χ2n) is 7.23. The smallest absolute Gasteiger partial charge is 0.248 e. The lowest BCUT2D eigenvalue weighted by molar-refractivity contribution is -0.120. The van der Waals surface area contributed by atoms with Gasteiger partial charge >= 0.3 is 0 Å². The number of rotatable bonds is 6. The number of hydrogen-bond acceptors (Lipinski definition) is 5. The maximum atomic E-state index is 12.6. The molecule has 0 radical (unpaired) electrons. The Balaban J connectivity index is 1.53. The summed E-state index contributed by atoms with van der Waals surface area (Å²) >= 11 is 0. The van der Waals surface area contributed by atoms with E-state index in [1.165, 1.54) is 0 Å². The Morgan fingerprint density at radius 1 is 0.897 bits per heavy atom. The minimum absolute atomic E-state index is 0.0606. The molecule has 1 saturated heterocycles. The van der Waals surface area contributed by atoms with Crippen molar-refractivity contribution in [2.24, 2.45) is 5.73 Å². The quantitative estimate of drug-likeness (QED) is 0.732. The van der Waals surface area contributed by atoms with Crippen molar-refractivity contribution in [3.63, 3.8) is 0 Å². The summed E-state index contributed by atoms with van der Waals surface area (Å²) in [6, 6.07) is 13.9. The minimum atomic E-state index is -0.495. The van der Waals surface area contributed by atoms with E-state index in [0.29, 0.717) is 16.8 Å². The summed E-state index contributed by atoms with van der Waals surface area (Å²) < 4.78 is 0. The Morgan fingerprint density at radius 2 is 1.45 bits per heavy atom. The highest BCUT2D eigenvalue weighted by molar-refractivity contribution is 5.96. The molecule has 3 N–H and O–H groups in total. The van der Waals surface area contributed by atoms with Gasteiger partial charge in [-0.1, -0.05) is 0 Å². The van der Waals surface area contributed by atoms with Crippen LogP contribution in [0.3, 0.4) is 0 Å². The van der Waals surface area contributed by atoms with E-state index in [2.05, 4.69) is 15.1 Å². The number of benzene rings is 2. The van der Waals surface area contributed by atoms with Crippen molar-refractivity contribution >= 4 is 29.0 Å². The fraction of sp³-hybridized carbons (Fsp3) is 0.318. The molecule has 2 amide bonds. The number of Topliss-reactive ketones (excluding diaryl/α,β-unsaturated/α-hetero) is 1. The maximum Gasteiger partial charge on any atom is 0.248 e. The van der Waals surface area contributed by atoms with E-state index in [1.807, 2.05) is 31.2 Å². The Kier molecular flexibility index (Phi) is 6.29. The van der Waals surface area contributed by atoms with Gasteiger partial charge in [0.2, 0.25) is 11.8 Å². The molecule has 1 aliphatic heterocycles. The van der Waals surface area contributed by atoms with E-state index in [4.69, 9.17) is 5.73 Å². The van der Waals surface area contributed by atoms with Crippen molar-refractivity contribution in [3.05, 3.63) is 59.7 Å². The highest BCUT2D eigenvalue weighted by Crippen LogP contribution is 2.19. The number of ketones is 1. The number of carbonyl (C=O) groups is 3. The van der Waals surface area contributed by atoms with Gasteiger partial charge in [0.15, 0.2) is 5.78 Å². The molecule has 0 aromatic heterocycles. The molecular formula is C22H26N4O3. The molecule has 0 aliphatic carbocycles. The fourth-order valence-corrected chi connectivity index (χ4v) is 3.40. The molecule has 7 heteroatoms. The largest absolute Gasteiger partial charge is 0.369 e. The number of piperazine rings is 1. The molecule has 7 nitrogen and oxygen atoms in total. The molecule has 1 atom stereocenters. The third-order valence-electron chi connectivity index (χ3n) is 5.32. The second-order valence-corrected chi connectivity index (χ2v) is 7.23. The molecule has 1 unspecified atom stereocenters. The van der Waals surface area contributed by atoms with Gasteiger partial charge < -0.3 is 16.0 Å². The fourth-order valence-electron chi connectivity index (χ4n) is 3.40. The molecule has 3 rings (SSSR count). The van der Waals surface area contributed by atoms with Gasteiger partial charge in [-0.05, 0) is 62.4 Å². The summed E-state index contributed by atoms with van der Waals surface area (Å²) in [7, 11) is 0. The lowest BCUT2D eigenvalue weighted by Crippen LogP contribution is -2.52. The number of nitrogens with two attached hydrogens (primary N) is 1. The van der Waals surface area contributed by atoms with Crippen LogP contribution in [0.5, 0.6) is 0 Å². The van der Waals surface area contributed by atoms with Crippen LogP contribution >= 0.6 is 0 Å². The van der Waals surface area contributed by atoms with Crippen LogP contribution < -0.4 is 16.0 Å². The summed E-state index contributed by atoms with van der Waals surface area (Å²) in [5.74, 6) is -0.522. The molecule has 1 fully saturated rings. The van der Waals surface area contributed by atoms with Gasteiger partial charge in [-0.25, -0.2) is 0 Å². The highest BCUT2D eigenvalue weighted by atomic mass is 16.2. The zero-order valence-corrected chi connectivity index (χ0v) is 16.7. The average molecular weight is 394 g/mol. The third-order valence-corrected chi connectivity index (χ3v) is 5.32. The van der Waals surface area contributed by atoms with E-state index >= 15 is 0 Å². The number of nitrogens with one attached hydrogen (secondary N) is 1. The topological polar surface area (TPSA) is 95.7 Å². The first-order chi connectivity index (χ1) is 13.8. The van der Waals surface area contributed by atoms with Crippen molar-refractivity contribution in [1.29, 1.82) is 0 Å². The molecule has 152 valence electrons. The van der Waals surface area contributed by atoms with Gasteiger partial charge in [0.05, 0.1) is 6.04 Å². The first-order valence-corrected chi connectivity index (χ1v) is 9.66.